The molecule has 1 aliphatic heterocycles. The number of aromatic nitrogens is 1. The van der Waals surface area contributed by atoms with Crippen LogP contribution in [0.5, 0.6) is 0 Å². The average Bonchev–Trinajstić information content (AvgIpc) is 2.64. The molecule has 1 amide bonds. The number of nitrogens with zero attached hydrogens (tertiary/aromatic N) is 2. The fraction of sp³-hybridized carbons (Fsp3) is 0.333. The first kappa shape index (κ1) is 18.5. The number of sulfonamides is 1. The second-order valence-electron chi connectivity index (χ2n) is 6.17. The zero-order chi connectivity index (χ0) is 18.7. The minimum absolute atomic E-state index is 0.143. The monoisotopic (exact) mass is 375 g/mol. The lowest BCUT2D eigenvalue weighted by atomic mass is 10.1. The number of nitrogens with one attached hydrogen (secondary N) is 1. The third-order valence-corrected chi connectivity index (χ3v) is 6.23. The van der Waals surface area contributed by atoms with Crippen LogP contribution in [0.4, 0.5) is 5.82 Å². The largest absolute Gasteiger partial charge is 0.379 e. The molecule has 8 heteroatoms. The van der Waals surface area contributed by atoms with E-state index in [-0.39, 0.29) is 10.5 Å². The van der Waals surface area contributed by atoms with Crippen LogP contribution in [-0.4, -0.2) is 49.9 Å². The van der Waals surface area contributed by atoms with Gasteiger partial charge in [-0.15, -0.1) is 0 Å². The number of carbonyl (C=O) groups is 1. The Morgan fingerprint density at radius 3 is 2.54 bits per heavy atom. The molecule has 0 unspecified atom stereocenters. The van der Waals surface area contributed by atoms with E-state index in [9.17, 15) is 13.2 Å². The summed E-state index contributed by atoms with van der Waals surface area (Å²) in [5.41, 5.74) is 1.85. The molecule has 1 N–H and O–H groups in total. The molecule has 0 saturated carbocycles. The van der Waals surface area contributed by atoms with Crippen LogP contribution in [0.2, 0.25) is 0 Å². The highest BCUT2D eigenvalue weighted by atomic mass is 32.2. The average molecular weight is 375 g/mol. The Hall–Kier alpha value is -2.29. The van der Waals surface area contributed by atoms with Crippen LogP contribution in [0.1, 0.15) is 21.5 Å². The molecule has 0 atom stereocenters. The molecule has 1 aromatic carbocycles. The number of benzene rings is 1. The summed E-state index contributed by atoms with van der Waals surface area (Å²) in [4.78, 5) is 16.8. The van der Waals surface area contributed by atoms with Crippen molar-refractivity contribution in [1.82, 2.24) is 9.29 Å². The van der Waals surface area contributed by atoms with Gasteiger partial charge in [-0.2, -0.15) is 4.31 Å². The molecule has 1 aromatic heterocycles. The summed E-state index contributed by atoms with van der Waals surface area (Å²) in [6.07, 6.45) is 1.65. The third kappa shape index (κ3) is 3.92. The van der Waals surface area contributed by atoms with Gasteiger partial charge in [0.15, 0.2) is 0 Å². The first-order valence-corrected chi connectivity index (χ1v) is 9.74. The van der Waals surface area contributed by atoms with Crippen molar-refractivity contribution in [1.29, 1.82) is 0 Å². The number of aryl methyl sites for hydroxylation is 2. The number of ether oxygens (including phenoxy) is 1. The van der Waals surface area contributed by atoms with Gasteiger partial charge < -0.3 is 10.1 Å². The maximum Gasteiger partial charge on any atom is 0.256 e. The van der Waals surface area contributed by atoms with E-state index in [1.165, 1.54) is 10.4 Å². The minimum Gasteiger partial charge on any atom is -0.379 e. The highest BCUT2D eigenvalue weighted by Gasteiger charge is 2.28. The highest BCUT2D eigenvalue weighted by molar-refractivity contribution is 7.89. The van der Waals surface area contributed by atoms with Crippen LogP contribution < -0.4 is 5.32 Å². The second-order valence-corrected chi connectivity index (χ2v) is 8.08. The summed E-state index contributed by atoms with van der Waals surface area (Å²) in [5.74, 6) is 0.0125. The lowest BCUT2D eigenvalue weighted by Crippen LogP contribution is -2.40. The van der Waals surface area contributed by atoms with E-state index in [1.807, 2.05) is 13.0 Å². The zero-order valence-corrected chi connectivity index (χ0v) is 15.5. The number of morpholine rings is 1. The van der Waals surface area contributed by atoms with Crippen LogP contribution in [0.25, 0.3) is 0 Å². The Morgan fingerprint density at radius 2 is 1.88 bits per heavy atom. The number of carbonyl (C=O) groups excluding carboxylic acids is 1. The Labute approximate surface area is 153 Å². The van der Waals surface area contributed by atoms with Gasteiger partial charge in [0.2, 0.25) is 10.0 Å². The summed E-state index contributed by atoms with van der Waals surface area (Å²) < 4.78 is 32.4. The van der Waals surface area contributed by atoms with E-state index in [1.54, 1.807) is 31.3 Å². The predicted molar refractivity (Wildman–Crippen MR) is 97.7 cm³/mol. The molecular weight excluding hydrogens is 354 g/mol. The van der Waals surface area contributed by atoms with Gasteiger partial charge in [-0.1, -0.05) is 12.1 Å². The van der Waals surface area contributed by atoms with E-state index in [0.29, 0.717) is 37.7 Å². The number of hydrogen-bond acceptors (Lipinski definition) is 5. The number of hydrogen-bond donors (Lipinski definition) is 1. The van der Waals surface area contributed by atoms with Gasteiger partial charge in [0.25, 0.3) is 5.91 Å². The van der Waals surface area contributed by atoms with Crippen molar-refractivity contribution in [2.75, 3.05) is 31.6 Å². The van der Waals surface area contributed by atoms with Crippen molar-refractivity contribution in [3.8, 4) is 0 Å². The van der Waals surface area contributed by atoms with Gasteiger partial charge >= 0.3 is 0 Å². The molecule has 7 nitrogen and oxygen atoms in total. The van der Waals surface area contributed by atoms with Gasteiger partial charge in [-0.25, -0.2) is 13.4 Å². The Bertz CT molecular complexity index is 905. The van der Waals surface area contributed by atoms with Crippen LogP contribution >= 0.6 is 0 Å². The molecule has 2 aromatic rings. The van der Waals surface area contributed by atoms with Gasteiger partial charge in [-0.3, -0.25) is 4.79 Å². The molecule has 0 radical (unpaired) electrons. The Balaban J connectivity index is 1.87. The van der Waals surface area contributed by atoms with E-state index in [2.05, 4.69) is 10.3 Å². The number of pyridine rings is 1. The quantitative estimate of drug-likeness (QED) is 0.883. The lowest BCUT2D eigenvalue weighted by Gasteiger charge is -2.26. The summed E-state index contributed by atoms with van der Waals surface area (Å²) in [7, 11) is -3.67. The van der Waals surface area contributed by atoms with Crippen molar-refractivity contribution in [3.05, 3.63) is 53.2 Å². The molecule has 1 saturated heterocycles. The van der Waals surface area contributed by atoms with E-state index in [0.717, 1.165) is 5.56 Å². The first-order valence-electron chi connectivity index (χ1n) is 8.30. The second kappa shape index (κ2) is 7.53. The van der Waals surface area contributed by atoms with Crippen LogP contribution in [-0.2, 0) is 14.8 Å². The van der Waals surface area contributed by atoms with Crippen LogP contribution in [0, 0.1) is 13.8 Å². The minimum atomic E-state index is -3.67. The summed E-state index contributed by atoms with van der Waals surface area (Å²) >= 11 is 0. The van der Waals surface area contributed by atoms with Gasteiger partial charge in [0, 0.05) is 24.8 Å². The SMILES string of the molecule is Cc1ccc(NC(=O)c2ccc(C)c(S(=O)(=O)N3CCOCC3)c2)nc1. The molecule has 3 rings (SSSR count). The molecule has 0 aliphatic carbocycles. The van der Waals surface area contributed by atoms with E-state index in [4.69, 9.17) is 4.74 Å². The van der Waals surface area contributed by atoms with Gasteiger partial charge in [-0.05, 0) is 43.2 Å². The van der Waals surface area contributed by atoms with Crippen molar-refractivity contribution >= 4 is 21.7 Å². The van der Waals surface area contributed by atoms with Gasteiger partial charge in [0.1, 0.15) is 5.82 Å². The molecule has 0 bridgehead atoms. The molecule has 1 aliphatic rings. The Kier molecular flexibility index (Phi) is 5.36. The molecule has 1 fully saturated rings. The smallest absolute Gasteiger partial charge is 0.256 e. The fourth-order valence-corrected chi connectivity index (χ4v) is 4.33. The van der Waals surface area contributed by atoms with Gasteiger partial charge in [0.05, 0.1) is 18.1 Å². The number of rotatable bonds is 4. The number of amides is 1. The Morgan fingerprint density at radius 1 is 1.15 bits per heavy atom. The van der Waals surface area contributed by atoms with Crippen molar-refractivity contribution < 1.29 is 17.9 Å². The van der Waals surface area contributed by atoms with Crippen molar-refractivity contribution in [2.24, 2.45) is 0 Å². The predicted octanol–water partition coefficient (Wildman–Crippen LogP) is 1.97. The van der Waals surface area contributed by atoms with Crippen LogP contribution in [0.3, 0.4) is 0 Å². The maximum atomic E-state index is 12.9. The highest BCUT2D eigenvalue weighted by Crippen LogP contribution is 2.22. The van der Waals surface area contributed by atoms with Crippen molar-refractivity contribution in [3.63, 3.8) is 0 Å². The molecule has 2 heterocycles. The summed E-state index contributed by atoms with van der Waals surface area (Å²) in [6, 6.07) is 8.21. The van der Waals surface area contributed by atoms with Crippen molar-refractivity contribution in [2.45, 2.75) is 18.7 Å². The first-order chi connectivity index (χ1) is 12.4. The topological polar surface area (TPSA) is 88.6 Å². The summed E-state index contributed by atoms with van der Waals surface area (Å²) in [6.45, 7) is 4.99. The number of anilines is 1. The molecule has 26 heavy (non-hydrogen) atoms. The zero-order valence-electron chi connectivity index (χ0n) is 14.7. The fourth-order valence-electron chi connectivity index (χ4n) is 2.68. The van der Waals surface area contributed by atoms with E-state index >= 15 is 0 Å². The lowest BCUT2D eigenvalue weighted by molar-refractivity contribution is 0.0730. The third-order valence-electron chi connectivity index (χ3n) is 4.19. The normalized spacial score (nSPS) is 15.6. The summed E-state index contributed by atoms with van der Waals surface area (Å²) in [5, 5.41) is 2.68. The molecule has 138 valence electrons. The molecule has 0 spiro atoms. The van der Waals surface area contributed by atoms with E-state index < -0.39 is 15.9 Å². The maximum absolute atomic E-state index is 12.9. The molecular formula is C18H21N3O4S. The van der Waals surface area contributed by atoms with Crippen LogP contribution in [0.15, 0.2) is 41.4 Å². The standard InChI is InChI=1S/C18H21N3O4S/c1-13-3-6-17(19-12-13)20-18(22)15-5-4-14(2)16(11-15)26(23,24)21-7-9-25-10-8-21/h3-6,11-12H,7-10H2,1-2H3,(H,19,20,22).